The second-order valence-electron chi connectivity index (χ2n) is 4.04. The maximum Gasteiger partial charge on any atom is 0.138 e. The second kappa shape index (κ2) is 5.80. The molecule has 2 aromatic rings. The van der Waals surface area contributed by atoms with Crippen LogP contribution in [0.2, 0.25) is 5.02 Å². The maximum absolute atomic E-state index is 5.84. The monoisotopic (exact) mass is 250 g/mol. The lowest BCUT2D eigenvalue weighted by Crippen LogP contribution is -2.28. The van der Waals surface area contributed by atoms with Gasteiger partial charge in [0.1, 0.15) is 12.2 Å². The molecule has 0 saturated heterocycles. The van der Waals surface area contributed by atoms with E-state index >= 15 is 0 Å². The number of hydrogen-bond acceptors (Lipinski definition) is 3. The van der Waals surface area contributed by atoms with E-state index in [0.29, 0.717) is 12.6 Å². The van der Waals surface area contributed by atoms with E-state index < -0.39 is 0 Å². The van der Waals surface area contributed by atoms with Gasteiger partial charge < -0.3 is 5.32 Å². The maximum atomic E-state index is 5.84. The van der Waals surface area contributed by atoms with Gasteiger partial charge in [0.25, 0.3) is 0 Å². The van der Waals surface area contributed by atoms with Crippen LogP contribution >= 0.6 is 11.6 Å². The topological polar surface area (TPSA) is 53.6 Å². The van der Waals surface area contributed by atoms with Crippen LogP contribution in [-0.2, 0) is 13.0 Å². The van der Waals surface area contributed by atoms with Crippen molar-refractivity contribution in [1.29, 1.82) is 0 Å². The smallest absolute Gasteiger partial charge is 0.138 e. The average molecular weight is 251 g/mol. The summed E-state index contributed by atoms with van der Waals surface area (Å²) in [6, 6.07) is 8.31. The average Bonchev–Trinajstić information content (AvgIpc) is 2.83. The Kier molecular flexibility index (Phi) is 4.12. The fourth-order valence-electron chi connectivity index (χ4n) is 1.63. The van der Waals surface area contributed by atoms with E-state index in [4.69, 9.17) is 11.6 Å². The molecule has 2 rings (SSSR count). The van der Waals surface area contributed by atoms with Gasteiger partial charge in [-0.3, -0.25) is 5.10 Å². The van der Waals surface area contributed by atoms with Gasteiger partial charge in [-0.2, -0.15) is 5.10 Å². The molecule has 1 atom stereocenters. The molecular weight excluding hydrogens is 236 g/mol. The van der Waals surface area contributed by atoms with E-state index in [1.165, 1.54) is 11.9 Å². The van der Waals surface area contributed by atoms with Crippen LogP contribution in [0.15, 0.2) is 30.6 Å². The largest absolute Gasteiger partial charge is 0.307 e. The van der Waals surface area contributed by atoms with Gasteiger partial charge in [-0.1, -0.05) is 23.7 Å². The van der Waals surface area contributed by atoms with Gasteiger partial charge in [0, 0.05) is 11.1 Å². The van der Waals surface area contributed by atoms with Crippen molar-refractivity contribution in [2.45, 2.75) is 25.9 Å². The predicted molar refractivity (Wildman–Crippen MR) is 67.8 cm³/mol. The van der Waals surface area contributed by atoms with Crippen LogP contribution in [0, 0.1) is 0 Å². The molecule has 0 aliphatic rings. The minimum Gasteiger partial charge on any atom is -0.307 e. The standard InChI is InChI=1S/C12H15ClN4/c1-9(14-7-12-15-8-16-17-12)6-10-2-4-11(13)5-3-10/h2-5,8-9,14H,6-7H2,1H3,(H,15,16,17). The third-order valence-corrected chi connectivity index (χ3v) is 2.79. The number of rotatable bonds is 5. The van der Waals surface area contributed by atoms with Crippen molar-refractivity contribution in [3.05, 3.63) is 47.0 Å². The zero-order valence-electron chi connectivity index (χ0n) is 9.65. The number of nitrogens with zero attached hydrogens (tertiary/aromatic N) is 2. The molecule has 0 spiro atoms. The van der Waals surface area contributed by atoms with Gasteiger partial charge in [0.15, 0.2) is 0 Å². The highest BCUT2D eigenvalue weighted by atomic mass is 35.5. The van der Waals surface area contributed by atoms with Gasteiger partial charge in [0.2, 0.25) is 0 Å². The number of nitrogens with one attached hydrogen (secondary N) is 2. The van der Waals surface area contributed by atoms with E-state index in [2.05, 4.69) is 39.6 Å². The summed E-state index contributed by atoms with van der Waals surface area (Å²) in [5.74, 6) is 0.855. The minimum atomic E-state index is 0.376. The number of aromatic nitrogens is 3. The number of hydrogen-bond donors (Lipinski definition) is 2. The highest BCUT2D eigenvalue weighted by Crippen LogP contribution is 2.11. The van der Waals surface area contributed by atoms with Gasteiger partial charge in [0.05, 0.1) is 6.54 Å². The van der Waals surface area contributed by atoms with Crippen molar-refractivity contribution >= 4 is 11.6 Å². The number of H-pyrrole nitrogens is 1. The predicted octanol–water partition coefficient (Wildman–Crippen LogP) is 2.18. The first kappa shape index (κ1) is 12.1. The molecule has 1 heterocycles. The van der Waals surface area contributed by atoms with E-state index in [1.807, 2.05) is 12.1 Å². The van der Waals surface area contributed by atoms with E-state index in [0.717, 1.165) is 17.3 Å². The summed E-state index contributed by atoms with van der Waals surface area (Å²) >= 11 is 5.84. The fourth-order valence-corrected chi connectivity index (χ4v) is 1.76. The second-order valence-corrected chi connectivity index (χ2v) is 4.48. The van der Waals surface area contributed by atoms with Crippen LogP contribution in [0.25, 0.3) is 0 Å². The molecule has 1 unspecified atom stereocenters. The molecule has 0 radical (unpaired) electrons. The summed E-state index contributed by atoms with van der Waals surface area (Å²) in [5.41, 5.74) is 1.27. The van der Waals surface area contributed by atoms with Gasteiger partial charge in [-0.25, -0.2) is 4.98 Å². The van der Waals surface area contributed by atoms with Crippen LogP contribution in [0.1, 0.15) is 18.3 Å². The van der Waals surface area contributed by atoms with E-state index in [9.17, 15) is 0 Å². The van der Waals surface area contributed by atoms with Crippen LogP contribution in [-0.4, -0.2) is 21.2 Å². The first-order chi connectivity index (χ1) is 8.24. The molecule has 0 saturated carbocycles. The third-order valence-electron chi connectivity index (χ3n) is 2.54. The first-order valence-corrected chi connectivity index (χ1v) is 5.94. The molecule has 2 N–H and O–H groups in total. The van der Waals surface area contributed by atoms with Crippen molar-refractivity contribution in [3.8, 4) is 0 Å². The Balaban J connectivity index is 1.80. The normalized spacial score (nSPS) is 12.6. The molecule has 0 amide bonds. The van der Waals surface area contributed by atoms with Crippen LogP contribution in [0.5, 0.6) is 0 Å². The van der Waals surface area contributed by atoms with Gasteiger partial charge in [-0.15, -0.1) is 0 Å². The molecule has 0 fully saturated rings. The summed E-state index contributed by atoms with van der Waals surface area (Å²) in [4.78, 5) is 4.06. The molecule has 0 aliphatic heterocycles. The van der Waals surface area contributed by atoms with Gasteiger partial charge >= 0.3 is 0 Å². The van der Waals surface area contributed by atoms with Crippen molar-refractivity contribution in [1.82, 2.24) is 20.5 Å². The summed E-state index contributed by atoms with van der Waals surface area (Å²) in [6.07, 6.45) is 2.48. The molecule has 0 bridgehead atoms. The van der Waals surface area contributed by atoms with E-state index in [1.54, 1.807) is 0 Å². The van der Waals surface area contributed by atoms with Gasteiger partial charge in [-0.05, 0) is 31.0 Å². The Bertz CT molecular complexity index is 438. The summed E-state index contributed by atoms with van der Waals surface area (Å²) in [6.45, 7) is 2.85. The summed E-state index contributed by atoms with van der Waals surface area (Å²) in [7, 11) is 0. The molecule has 1 aromatic heterocycles. The quantitative estimate of drug-likeness (QED) is 0.855. The lowest BCUT2D eigenvalue weighted by atomic mass is 10.1. The Hall–Kier alpha value is -1.39. The number of benzene rings is 1. The number of aromatic amines is 1. The molecular formula is C12H15ClN4. The van der Waals surface area contributed by atoms with Crippen LogP contribution in [0.4, 0.5) is 0 Å². The zero-order chi connectivity index (χ0) is 12.1. The van der Waals surface area contributed by atoms with Crippen LogP contribution in [0.3, 0.4) is 0 Å². The molecule has 1 aromatic carbocycles. The summed E-state index contributed by atoms with van der Waals surface area (Å²) < 4.78 is 0. The summed E-state index contributed by atoms with van der Waals surface area (Å²) in [5, 5.41) is 10.8. The first-order valence-electron chi connectivity index (χ1n) is 5.56. The minimum absolute atomic E-state index is 0.376. The Morgan fingerprint density at radius 2 is 2.12 bits per heavy atom. The van der Waals surface area contributed by atoms with Crippen molar-refractivity contribution < 1.29 is 0 Å². The lowest BCUT2D eigenvalue weighted by Gasteiger charge is -2.12. The van der Waals surface area contributed by atoms with E-state index in [-0.39, 0.29) is 0 Å². The number of halogens is 1. The Morgan fingerprint density at radius 1 is 1.35 bits per heavy atom. The van der Waals surface area contributed by atoms with Crippen molar-refractivity contribution in [2.75, 3.05) is 0 Å². The Morgan fingerprint density at radius 3 is 2.76 bits per heavy atom. The highest BCUT2D eigenvalue weighted by molar-refractivity contribution is 6.30. The van der Waals surface area contributed by atoms with Crippen LogP contribution < -0.4 is 5.32 Å². The molecule has 4 nitrogen and oxygen atoms in total. The van der Waals surface area contributed by atoms with Crippen molar-refractivity contribution in [2.24, 2.45) is 0 Å². The Labute approximate surface area is 105 Å². The lowest BCUT2D eigenvalue weighted by molar-refractivity contribution is 0.534. The third kappa shape index (κ3) is 3.84. The molecule has 17 heavy (non-hydrogen) atoms. The SMILES string of the molecule is CC(Cc1ccc(Cl)cc1)NCc1ncn[nH]1. The molecule has 0 aliphatic carbocycles. The fraction of sp³-hybridized carbons (Fsp3) is 0.333. The zero-order valence-corrected chi connectivity index (χ0v) is 10.4. The highest BCUT2D eigenvalue weighted by Gasteiger charge is 2.04. The molecule has 90 valence electrons. The molecule has 5 heteroatoms. The van der Waals surface area contributed by atoms with Crippen molar-refractivity contribution in [3.63, 3.8) is 0 Å².